The van der Waals surface area contributed by atoms with Crippen LogP contribution >= 0.6 is 0 Å². The highest BCUT2D eigenvalue weighted by Gasteiger charge is 2.28. The Morgan fingerprint density at radius 3 is 3.00 bits per heavy atom. The predicted octanol–water partition coefficient (Wildman–Crippen LogP) is 2.67. The van der Waals surface area contributed by atoms with E-state index in [1.54, 1.807) is 0 Å². The van der Waals surface area contributed by atoms with Gasteiger partial charge < -0.3 is 15.8 Å². The number of hydrogen-bond acceptors (Lipinski definition) is 2. The van der Waals surface area contributed by atoms with Gasteiger partial charge in [0.25, 0.3) is 0 Å². The summed E-state index contributed by atoms with van der Waals surface area (Å²) in [5.74, 6) is -0.871. The molecule has 2 atom stereocenters. The van der Waals surface area contributed by atoms with Crippen LogP contribution in [0.2, 0.25) is 0 Å². The molecule has 21 heavy (non-hydrogen) atoms. The third kappa shape index (κ3) is 4.01. The zero-order chi connectivity index (χ0) is 15.4. The Hall–Kier alpha value is -1.95. The Kier molecular flexibility index (Phi) is 4.90. The lowest BCUT2D eigenvalue weighted by Crippen LogP contribution is -2.26. The molecule has 0 bridgehead atoms. The number of nitrogens with two attached hydrogens (primary N) is 1. The van der Waals surface area contributed by atoms with E-state index in [9.17, 15) is 8.78 Å². The molecule has 2 unspecified atom stereocenters. The summed E-state index contributed by atoms with van der Waals surface area (Å²) in [6, 6.07) is 3.11. The first-order valence-corrected chi connectivity index (χ1v) is 6.76. The van der Waals surface area contributed by atoms with Gasteiger partial charge >= 0.3 is 0 Å². The summed E-state index contributed by atoms with van der Waals surface area (Å²) in [5.41, 5.74) is 6.63. The molecule has 0 radical (unpaired) electrons. The number of rotatable bonds is 4. The fourth-order valence-electron chi connectivity index (χ4n) is 2.35. The van der Waals surface area contributed by atoms with E-state index >= 15 is 0 Å². The number of nitrogens with zero attached hydrogens (tertiary/aromatic N) is 1. The predicted molar refractivity (Wildman–Crippen MR) is 79.1 cm³/mol. The lowest BCUT2D eigenvalue weighted by Gasteiger charge is -2.17. The fraction of sp³-hybridized carbons (Fsp3) is 0.400. The van der Waals surface area contributed by atoms with Gasteiger partial charge in [-0.15, -0.1) is 0 Å². The molecule has 6 heteroatoms. The van der Waals surface area contributed by atoms with E-state index in [1.165, 1.54) is 0 Å². The average molecular weight is 295 g/mol. The van der Waals surface area contributed by atoms with Crippen LogP contribution in [-0.2, 0) is 4.74 Å². The number of halogens is 2. The van der Waals surface area contributed by atoms with Crippen molar-refractivity contribution in [3.63, 3.8) is 0 Å². The van der Waals surface area contributed by atoms with E-state index in [0.717, 1.165) is 30.2 Å². The molecular formula is C15H19F2N3O. The van der Waals surface area contributed by atoms with Gasteiger partial charge in [-0.3, -0.25) is 4.99 Å². The molecule has 3 N–H and O–H groups in total. The van der Waals surface area contributed by atoms with Gasteiger partial charge in [0.2, 0.25) is 0 Å². The van der Waals surface area contributed by atoms with E-state index in [0.29, 0.717) is 13.2 Å². The highest BCUT2D eigenvalue weighted by Crippen LogP contribution is 2.26. The number of ether oxygens (including phenoxy) is 1. The van der Waals surface area contributed by atoms with Crippen molar-refractivity contribution in [3.8, 4) is 0 Å². The summed E-state index contributed by atoms with van der Waals surface area (Å²) in [5, 5.41) is 2.57. The van der Waals surface area contributed by atoms with Crippen molar-refractivity contribution in [1.82, 2.24) is 0 Å². The molecule has 114 valence electrons. The first kappa shape index (κ1) is 15.4. The molecule has 1 aliphatic rings. The van der Waals surface area contributed by atoms with Crippen LogP contribution in [0.15, 0.2) is 35.3 Å². The molecule has 1 aromatic carbocycles. The number of hydrogen-bond donors (Lipinski definition) is 2. The summed E-state index contributed by atoms with van der Waals surface area (Å²) >= 11 is 0. The highest BCUT2D eigenvalue weighted by molar-refractivity contribution is 5.92. The molecule has 1 aliphatic heterocycles. The molecule has 0 amide bonds. The maximum atomic E-state index is 13.5. The first-order chi connectivity index (χ1) is 9.97. The highest BCUT2D eigenvalue weighted by atomic mass is 19.1. The van der Waals surface area contributed by atoms with E-state index in [2.05, 4.69) is 16.9 Å². The Balaban J connectivity index is 1.98. The minimum atomic E-state index is -0.585. The summed E-state index contributed by atoms with van der Waals surface area (Å²) < 4.78 is 32.1. The standard InChI is InChI=1S/C15H19F2N3O/c1-9(2)14-10(5-6-21-14)8-19-15(18)20-13-7-11(16)3-4-12(13)17/h3-4,7,10,14H,1,5-6,8H2,2H3,(H3,18,19,20). The van der Waals surface area contributed by atoms with Gasteiger partial charge in [0.05, 0.1) is 11.8 Å². The maximum absolute atomic E-state index is 13.5. The Labute approximate surface area is 122 Å². The van der Waals surface area contributed by atoms with Gasteiger partial charge in [-0.05, 0) is 25.5 Å². The summed E-state index contributed by atoms with van der Waals surface area (Å²) in [4.78, 5) is 4.18. The van der Waals surface area contributed by atoms with E-state index in [-0.39, 0.29) is 23.7 Å². The first-order valence-electron chi connectivity index (χ1n) is 6.76. The van der Waals surface area contributed by atoms with Crippen LogP contribution in [0.25, 0.3) is 0 Å². The molecule has 1 fully saturated rings. The van der Waals surface area contributed by atoms with Crippen molar-refractivity contribution < 1.29 is 13.5 Å². The molecule has 1 aromatic rings. The topological polar surface area (TPSA) is 59.6 Å². The van der Waals surface area contributed by atoms with Crippen molar-refractivity contribution in [2.45, 2.75) is 19.4 Å². The summed E-state index contributed by atoms with van der Waals surface area (Å²) in [6.45, 7) is 6.93. The van der Waals surface area contributed by atoms with Crippen LogP contribution in [0.3, 0.4) is 0 Å². The summed E-state index contributed by atoms with van der Waals surface area (Å²) in [6.07, 6.45) is 0.857. The van der Waals surface area contributed by atoms with E-state index in [1.807, 2.05) is 6.92 Å². The van der Waals surface area contributed by atoms with Gasteiger partial charge in [0.15, 0.2) is 5.96 Å². The number of benzene rings is 1. The third-order valence-electron chi connectivity index (χ3n) is 3.39. The molecule has 1 saturated heterocycles. The zero-order valence-electron chi connectivity index (χ0n) is 11.9. The van der Waals surface area contributed by atoms with Crippen LogP contribution in [0.4, 0.5) is 14.5 Å². The molecule has 0 saturated carbocycles. The number of aliphatic imine (C=N–C) groups is 1. The van der Waals surface area contributed by atoms with E-state index < -0.39 is 11.6 Å². The Morgan fingerprint density at radius 2 is 2.29 bits per heavy atom. The number of nitrogens with one attached hydrogen (secondary N) is 1. The average Bonchev–Trinajstić information content (AvgIpc) is 2.89. The van der Waals surface area contributed by atoms with Crippen LogP contribution in [0.1, 0.15) is 13.3 Å². The van der Waals surface area contributed by atoms with Crippen LogP contribution < -0.4 is 11.1 Å². The van der Waals surface area contributed by atoms with Crippen molar-refractivity contribution in [3.05, 3.63) is 42.0 Å². The number of guanidine groups is 1. The number of anilines is 1. The molecule has 4 nitrogen and oxygen atoms in total. The molecular weight excluding hydrogens is 276 g/mol. The second-order valence-electron chi connectivity index (χ2n) is 5.16. The van der Waals surface area contributed by atoms with Crippen molar-refractivity contribution in [1.29, 1.82) is 0 Å². The van der Waals surface area contributed by atoms with E-state index in [4.69, 9.17) is 10.5 Å². The second kappa shape index (κ2) is 6.67. The molecule has 2 rings (SSSR count). The Bertz CT molecular complexity index is 560. The summed E-state index contributed by atoms with van der Waals surface area (Å²) in [7, 11) is 0. The molecule has 0 aromatic heterocycles. The van der Waals surface area contributed by atoms with Crippen LogP contribution in [-0.4, -0.2) is 25.2 Å². The van der Waals surface area contributed by atoms with Crippen molar-refractivity contribution >= 4 is 11.6 Å². The van der Waals surface area contributed by atoms with Crippen molar-refractivity contribution in [2.75, 3.05) is 18.5 Å². The Morgan fingerprint density at radius 1 is 1.52 bits per heavy atom. The van der Waals surface area contributed by atoms with Gasteiger partial charge in [0.1, 0.15) is 11.6 Å². The van der Waals surface area contributed by atoms with Crippen LogP contribution in [0, 0.1) is 17.6 Å². The zero-order valence-corrected chi connectivity index (χ0v) is 11.9. The lowest BCUT2D eigenvalue weighted by molar-refractivity contribution is 0.120. The third-order valence-corrected chi connectivity index (χ3v) is 3.39. The second-order valence-corrected chi connectivity index (χ2v) is 5.16. The van der Waals surface area contributed by atoms with Gasteiger partial charge in [-0.1, -0.05) is 12.2 Å². The molecule has 0 spiro atoms. The molecule has 1 heterocycles. The van der Waals surface area contributed by atoms with Gasteiger partial charge in [0, 0.05) is 25.1 Å². The quantitative estimate of drug-likeness (QED) is 0.510. The van der Waals surface area contributed by atoms with Crippen molar-refractivity contribution in [2.24, 2.45) is 16.6 Å². The van der Waals surface area contributed by atoms with Gasteiger partial charge in [-0.25, -0.2) is 8.78 Å². The maximum Gasteiger partial charge on any atom is 0.193 e. The van der Waals surface area contributed by atoms with Gasteiger partial charge in [-0.2, -0.15) is 0 Å². The fourth-order valence-corrected chi connectivity index (χ4v) is 2.35. The smallest absolute Gasteiger partial charge is 0.193 e. The molecule has 0 aliphatic carbocycles. The lowest BCUT2D eigenvalue weighted by atomic mass is 9.97. The minimum Gasteiger partial charge on any atom is -0.374 e. The minimum absolute atomic E-state index is 0.0209. The SMILES string of the molecule is C=C(C)C1OCCC1CN=C(N)Nc1cc(F)ccc1F. The monoisotopic (exact) mass is 295 g/mol. The normalized spacial score (nSPS) is 22.3. The largest absolute Gasteiger partial charge is 0.374 e. The van der Waals surface area contributed by atoms with Crippen LogP contribution in [0.5, 0.6) is 0 Å².